The van der Waals surface area contributed by atoms with Crippen LogP contribution < -0.4 is 0 Å². The molecule has 0 aromatic rings. The summed E-state index contributed by atoms with van der Waals surface area (Å²) in [6, 6.07) is 0. The van der Waals surface area contributed by atoms with Crippen LogP contribution in [-0.2, 0) is 4.74 Å². The molecule has 0 radical (unpaired) electrons. The molecule has 4 rings (SSSR count). The minimum absolute atomic E-state index is 0.135. The van der Waals surface area contributed by atoms with Crippen LogP contribution in [0, 0.1) is 35.5 Å². The highest BCUT2D eigenvalue weighted by atomic mass is 19.2. The monoisotopic (exact) mass is 436 g/mol. The maximum absolute atomic E-state index is 16.1. The summed E-state index contributed by atoms with van der Waals surface area (Å²) in [7, 11) is 0. The van der Waals surface area contributed by atoms with Gasteiger partial charge in [0.2, 0.25) is 6.36 Å². The molecular weight excluding hydrogens is 390 g/mol. The fourth-order valence-electron chi connectivity index (χ4n) is 7.63. The molecule has 3 aliphatic carbocycles. The van der Waals surface area contributed by atoms with Crippen molar-refractivity contribution >= 4 is 0 Å². The molecule has 1 saturated heterocycles. The van der Waals surface area contributed by atoms with Crippen LogP contribution in [0.5, 0.6) is 0 Å². The van der Waals surface area contributed by atoms with Gasteiger partial charge in [0.05, 0.1) is 0 Å². The topological polar surface area (TPSA) is 9.23 Å². The first kappa shape index (κ1) is 23.7. The largest absolute Gasteiger partial charge is 0.338 e. The molecule has 3 heteroatoms. The van der Waals surface area contributed by atoms with Crippen molar-refractivity contribution in [1.82, 2.24) is 0 Å². The molecule has 4 fully saturated rings. The molecule has 3 saturated carbocycles. The summed E-state index contributed by atoms with van der Waals surface area (Å²) in [4.78, 5) is 0. The second kappa shape index (κ2) is 10.7. The van der Waals surface area contributed by atoms with Gasteiger partial charge in [-0.05, 0) is 93.8 Å². The smallest absolute Gasteiger partial charge is 0.236 e. The van der Waals surface area contributed by atoms with Gasteiger partial charge in [0.25, 0.3) is 0 Å². The predicted octanol–water partition coefficient (Wildman–Crippen LogP) is 8.57. The Morgan fingerprint density at radius 3 is 1.97 bits per heavy atom. The molecule has 1 aliphatic heterocycles. The van der Waals surface area contributed by atoms with E-state index in [4.69, 9.17) is 4.74 Å². The molecule has 1 unspecified atom stereocenters. The van der Waals surface area contributed by atoms with E-state index in [0.717, 1.165) is 56.3 Å². The van der Waals surface area contributed by atoms with E-state index in [0.29, 0.717) is 5.92 Å². The number of rotatable bonds is 8. The Balaban J connectivity index is 1.26. The first-order valence-corrected chi connectivity index (χ1v) is 13.7. The first-order chi connectivity index (χ1) is 15.1. The number of allylic oxidation sites excluding steroid dienone is 1. The second-order valence-electron chi connectivity index (χ2n) is 11.5. The van der Waals surface area contributed by atoms with Gasteiger partial charge in [-0.3, -0.25) is 0 Å². The quantitative estimate of drug-likeness (QED) is 0.273. The van der Waals surface area contributed by atoms with Gasteiger partial charge in [-0.1, -0.05) is 51.5 Å². The molecule has 4 aliphatic rings. The Morgan fingerprint density at radius 2 is 1.42 bits per heavy atom. The van der Waals surface area contributed by atoms with Gasteiger partial charge in [-0.25, -0.2) is 8.78 Å². The van der Waals surface area contributed by atoms with Crippen molar-refractivity contribution in [3.8, 4) is 0 Å². The van der Waals surface area contributed by atoms with E-state index in [1.807, 2.05) is 0 Å². The van der Waals surface area contributed by atoms with Crippen molar-refractivity contribution in [3.63, 3.8) is 0 Å². The molecule has 3 atom stereocenters. The van der Waals surface area contributed by atoms with E-state index in [2.05, 4.69) is 19.6 Å². The standard InChI is InChI=1S/C28H46F2O/c1-3-5-6-7-21-10-14-24(15-11-21)26-28(30,27(29)31-26)25-18-16-23(17-19-25)22-12-8-20(4-2)9-13-22/h4,20-27H,2-3,5-19H2,1H3/t20-,21?,22-,23-,24?,25+,26?,27-,28+/m0/s1. The Bertz CT molecular complexity index is 555. The lowest BCUT2D eigenvalue weighted by atomic mass is 9.62. The number of hydrogen-bond donors (Lipinski definition) is 0. The summed E-state index contributed by atoms with van der Waals surface area (Å²) in [5, 5.41) is 0. The van der Waals surface area contributed by atoms with Crippen molar-refractivity contribution < 1.29 is 13.5 Å². The van der Waals surface area contributed by atoms with Crippen LogP contribution in [0.25, 0.3) is 0 Å². The van der Waals surface area contributed by atoms with Crippen molar-refractivity contribution in [3.05, 3.63) is 12.7 Å². The number of alkyl halides is 2. The maximum atomic E-state index is 16.1. The van der Waals surface area contributed by atoms with Crippen LogP contribution in [0.1, 0.15) is 110 Å². The highest BCUT2D eigenvalue weighted by molar-refractivity contribution is 5.08. The highest BCUT2D eigenvalue weighted by Gasteiger charge is 2.65. The van der Waals surface area contributed by atoms with E-state index < -0.39 is 18.1 Å². The summed E-state index contributed by atoms with van der Waals surface area (Å²) in [6.45, 7) is 6.21. The summed E-state index contributed by atoms with van der Waals surface area (Å²) in [6.07, 6.45) is 18.6. The molecule has 0 N–H and O–H groups in total. The minimum atomic E-state index is -1.72. The summed E-state index contributed by atoms with van der Waals surface area (Å²) < 4.78 is 36.2. The number of unbranched alkanes of at least 4 members (excludes halogenated alkanes) is 2. The van der Waals surface area contributed by atoms with E-state index in [1.165, 1.54) is 64.2 Å². The van der Waals surface area contributed by atoms with Gasteiger partial charge >= 0.3 is 0 Å². The number of halogens is 2. The maximum Gasteiger partial charge on any atom is 0.236 e. The molecule has 1 heterocycles. The summed E-state index contributed by atoms with van der Waals surface area (Å²) in [5.74, 6) is 3.11. The molecular formula is C28H46F2O. The molecule has 0 bridgehead atoms. The van der Waals surface area contributed by atoms with Gasteiger partial charge in [0.15, 0.2) is 5.67 Å². The molecule has 0 aromatic heterocycles. The Morgan fingerprint density at radius 1 is 0.839 bits per heavy atom. The minimum Gasteiger partial charge on any atom is -0.338 e. The molecule has 1 nitrogen and oxygen atoms in total. The van der Waals surface area contributed by atoms with E-state index in [9.17, 15) is 4.39 Å². The SMILES string of the molecule is C=C[C@H]1CC[C@H]([C@H]2CC[C@@H]([C@@]3(F)C(C4CCC(CCCCC)CC4)O[C@@H]3F)CC2)CC1. The van der Waals surface area contributed by atoms with Crippen molar-refractivity contribution in [1.29, 1.82) is 0 Å². The third-order valence-corrected chi connectivity index (χ3v) is 9.80. The normalized spacial score (nSPS) is 46.3. The second-order valence-corrected chi connectivity index (χ2v) is 11.5. The fraction of sp³-hybridized carbons (Fsp3) is 0.929. The average molecular weight is 437 g/mol. The molecule has 178 valence electrons. The van der Waals surface area contributed by atoms with Crippen molar-refractivity contribution in [2.45, 2.75) is 128 Å². The third-order valence-electron chi connectivity index (χ3n) is 9.80. The Kier molecular flexibility index (Phi) is 8.15. The fourth-order valence-corrected chi connectivity index (χ4v) is 7.63. The lowest BCUT2D eigenvalue weighted by Gasteiger charge is -2.55. The summed E-state index contributed by atoms with van der Waals surface area (Å²) >= 11 is 0. The number of ether oxygens (including phenoxy) is 1. The van der Waals surface area contributed by atoms with Crippen LogP contribution in [-0.4, -0.2) is 18.1 Å². The van der Waals surface area contributed by atoms with Crippen LogP contribution in [0.3, 0.4) is 0 Å². The van der Waals surface area contributed by atoms with Crippen molar-refractivity contribution in [2.24, 2.45) is 35.5 Å². The van der Waals surface area contributed by atoms with Crippen LogP contribution in [0.2, 0.25) is 0 Å². The van der Waals surface area contributed by atoms with E-state index >= 15 is 4.39 Å². The van der Waals surface area contributed by atoms with Crippen LogP contribution in [0.15, 0.2) is 12.7 Å². The Labute approximate surface area is 189 Å². The molecule has 0 aromatic carbocycles. The highest BCUT2D eigenvalue weighted by Crippen LogP contribution is 2.55. The van der Waals surface area contributed by atoms with Crippen LogP contribution >= 0.6 is 0 Å². The predicted molar refractivity (Wildman–Crippen MR) is 124 cm³/mol. The van der Waals surface area contributed by atoms with Gasteiger partial charge in [-0.15, -0.1) is 6.58 Å². The molecule has 0 spiro atoms. The first-order valence-electron chi connectivity index (χ1n) is 13.7. The van der Waals surface area contributed by atoms with Crippen molar-refractivity contribution in [2.75, 3.05) is 0 Å². The third kappa shape index (κ3) is 5.07. The zero-order valence-corrected chi connectivity index (χ0v) is 19.9. The zero-order chi connectivity index (χ0) is 21.8. The lowest BCUT2D eigenvalue weighted by Crippen LogP contribution is -2.67. The Hall–Kier alpha value is -0.440. The van der Waals surface area contributed by atoms with Gasteiger partial charge in [0, 0.05) is 5.92 Å². The lowest BCUT2D eigenvalue weighted by molar-refractivity contribution is -0.344. The van der Waals surface area contributed by atoms with Crippen LogP contribution in [0.4, 0.5) is 8.78 Å². The van der Waals surface area contributed by atoms with E-state index in [-0.39, 0.29) is 11.8 Å². The van der Waals surface area contributed by atoms with E-state index in [1.54, 1.807) is 0 Å². The zero-order valence-electron chi connectivity index (χ0n) is 19.9. The van der Waals surface area contributed by atoms with Gasteiger partial charge < -0.3 is 4.74 Å². The van der Waals surface area contributed by atoms with Gasteiger partial charge in [-0.2, -0.15) is 0 Å². The number of hydrogen-bond acceptors (Lipinski definition) is 1. The average Bonchev–Trinajstić information content (AvgIpc) is 2.83. The van der Waals surface area contributed by atoms with Gasteiger partial charge in [0.1, 0.15) is 6.10 Å². The summed E-state index contributed by atoms with van der Waals surface area (Å²) in [5.41, 5.74) is -1.72. The molecule has 0 amide bonds. The molecule has 31 heavy (non-hydrogen) atoms.